The highest BCUT2D eigenvalue weighted by Crippen LogP contribution is 2.41. The summed E-state index contributed by atoms with van der Waals surface area (Å²) in [5.41, 5.74) is 0.971. The highest BCUT2D eigenvalue weighted by molar-refractivity contribution is 6.08. The van der Waals surface area contributed by atoms with Gasteiger partial charge in [-0.15, -0.1) is 0 Å². The molecular formula is C32H29F2N3O3. The van der Waals surface area contributed by atoms with Crippen LogP contribution in [-0.4, -0.2) is 27.8 Å². The number of rotatable bonds is 7. The van der Waals surface area contributed by atoms with E-state index in [1.807, 2.05) is 0 Å². The van der Waals surface area contributed by atoms with Crippen LogP contribution < -0.4 is 10.9 Å². The summed E-state index contributed by atoms with van der Waals surface area (Å²) in [5.74, 6) is -1.54. The van der Waals surface area contributed by atoms with Gasteiger partial charge in [-0.1, -0.05) is 42.5 Å². The van der Waals surface area contributed by atoms with Crippen LogP contribution in [0.3, 0.4) is 0 Å². The molecular weight excluding hydrogens is 512 g/mol. The van der Waals surface area contributed by atoms with E-state index in [1.165, 1.54) is 28.8 Å². The highest BCUT2D eigenvalue weighted by atomic mass is 19.1. The van der Waals surface area contributed by atoms with Crippen LogP contribution in [0, 0.1) is 17.6 Å². The van der Waals surface area contributed by atoms with Crippen LogP contribution in [0.25, 0.3) is 16.5 Å². The first-order valence-electron chi connectivity index (χ1n) is 13.7. The van der Waals surface area contributed by atoms with Crippen LogP contribution in [0.4, 0.5) is 8.78 Å². The van der Waals surface area contributed by atoms with Crippen LogP contribution in [-0.2, 0) is 11.3 Å². The number of pyridine rings is 1. The van der Waals surface area contributed by atoms with Crippen LogP contribution in [0.5, 0.6) is 0 Å². The SMILES string of the molecule is O=C(N[C@H](c1cccc(F)c1)C1CC1)c1c(CN2CCCCC2=O)n(-c2ccccc2)c(=O)c2c(F)cccc12. The van der Waals surface area contributed by atoms with Crippen molar-refractivity contribution in [3.8, 4) is 5.69 Å². The molecule has 1 saturated carbocycles. The summed E-state index contributed by atoms with van der Waals surface area (Å²) >= 11 is 0. The minimum atomic E-state index is -0.731. The number of aromatic nitrogens is 1. The predicted molar refractivity (Wildman–Crippen MR) is 148 cm³/mol. The average Bonchev–Trinajstić information content (AvgIpc) is 3.79. The summed E-state index contributed by atoms with van der Waals surface area (Å²) in [6.07, 6.45) is 3.76. The molecule has 2 fully saturated rings. The maximum Gasteiger partial charge on any atom is 0.266 e. The molecule has 1 saturated heterocycles. The van der Waals surface area contributed by atoms with E-state index < -0.39 is 29.1 Å². The number of hydrogen-bond donors (Lipinski definition) is 1. The molecule has 2 amide bonds. The summed E-state index contributed by atoms with van der Waals surface area (Å²) in [5, 5.41) is 3.08. The maximum absolute atomic E-state index is 15.3. The van der Waals surface area contributed by atoms with Crippen molar-refractivity contribution < 1.29 is 18.4 Å². The number of nitrogens with zero attached hydrogens (tertiary/aromatic N) is 2. The number of piperidine rings is 1. The molecule has 2 heterocycles. The van der Waals surface area contributed by atoms with Gasteiger partial charge in [-0.3, -0.25) is 19.0 Å². The molecule has 1 aliphatic carbocycles. The Morgan fingerprint density at radius 2 is 1.73 bits per heavy atom. The highest BCUT2D eigenvalue weighted by Gasteiger charge is 2.35. The molecule has 3 aromatic carbocycles. The van der Waals surface area contributed by atoms with Gasteiger partial charge in [0.1, 0.15) is 11.6 Å². The van der Waals surface area contributed by atoms with E-state index in [2.05, 4.69) is 5.32 Å². The second-order valence-electron chi connectivity index (χ2n) is 10.6. The lowest BCUT2D eigenvalue weighted by atomic mass is 9.98. The van der Waals surface area contributed by atoms with Crippen molar-refractivity contribution in [3.05, 3.63) is 112 Å². The van der Waals surface area contributed by atoms with Gasteiger partial charge in [-0.05, 0) is 67.5 Å². The normalized spacial score (nSPS) is 16.2. The molecule has 1 N–H and O–H groups in total. The molecule has 8 heteroatoms. The van der Waals surface area contributed by atoms with E-state index >= 15 is 4.39 Å². The van der Waals surface area contributed by atoms with Crippen molar-refractivity contribution in [1.29, 1.82) is 0 Å². The van der Waals surface area contributed by atoms with Crippen LogP contribution in [0.2, 0.25) is 0 Å². The molecule has 2 aliphatic rings. The van der Waals surface area contributed by atoms with Crippen molar-refractivity contribution in [2.24, 2.45) is 5.92 Å². The molecule has 1 aliphatic heterocycles. The molecule has 1 atom stereocenters. The zero-order chi connectivity index (χ0) is 27.8. The smallest absolute Gasteiger partial charge is 0.266 e. The monoisotopic (exact) mass is 541 g/mol. The number of carbonyl (C=O) groups is 2. The molecule has 0 radical (unpaired) electrons. The van der Waals surface area contributed by atoms with Gasteiger partial charge in [0.05, 0.1) is 29.2 Å². The Hall–Kier alpha value is -4.33. The third-order valence-electron chi connectivity index (χ3n) is 7.85. The minimum Gasteiger partial charge on any atom is -0.345 e. The summed E-state index contributed by atoms with van der Waals surface area (Å²) in [6.45, 7) is 0.518. The van der Waals surface area contributed by atoms with Gasteiger partial charge in [-0.25, -0.2) is 8.78 Å². The quantitative estimate of drug-likeness (QED) is 0.328. The largest absolute Gasteiger partial charge is 0.345 e. The number of fused-ring (bicyclic) bond motifs is 1. The number of nitrogens with one attached hydrogen (secondary N) is 1. The van der Waals surface area contributed by atoms with Gasteiger partial charge >= 0.3 is 0 Å². The number of likely N-dealkylation sites (tertiary alicyclic amines) is 1. The van der Waals surface area contributed by atoms with Crippen molar-refractivity contribution in [2.75, 3.05) is 6.54 Å². The third-order valence-corrected chi connectivity index (χ3v) is 7.85. The van der Waals surface area contributed by atoms with Crippen LogP contribution >= 0.6 is 0 Å². The fourth-order valence-electron chi connectivity index (χ4n) is 5.73. The molecule has 204 valence electrons. The number of para-hydroxylation sites is 1. The van der Waals surface area contributed by atoms with Crippen molar-refractivity contribution in [2.45, 2.75) is 44.7 Å². The average molecular weight is 542 g/mol. The zero-order valence-corrected chi connectivity index (χ0v) is 21.9. The first-order valence-corrected chi connectivity index (χ1v) is 13.7. The van der Waals surface area contributed by atoms with Gasteiger partial charge in [-0.2, -0.15) is 0 Å². The molecule has 4 aromatic rings. The van der Waals surface area contributed by atoms with E-state index in [1.54, 1.807) is 53.4 Å². The van der Waals surface area contributed by atoms with Gasteiger partial charge in [0.25, 0.3) is 11.5 Å². The Morgan fingerprint density at radius 3 is 2.45 bits per heavy atom. The summed E-state index contributed by atoms with van der Waals surface area (Å²) < 4.78 is 30.8. The fraction of sp³-hybridized carbons (Fsp3) is 0.281. The van der Waals surface area contributed by atoms with Crippen molar-refractivity contribution in [3.63, 3.8) is 0 Å². The van der Waals surface area contributed by atoms with Gasteiger partial charge in [0.2, 0.25) is 5.91 Å². The number of benzene rings is 3. The molecule has 40 heavy (non-hydrogen) atoms. The van der Waals surface area contributed by atoms with E-state index in [-0.39, 0.29) is 34.7 Å². The summed E-state index contributed by atoms with van der Waals surface area (Å²) in [4.78, 5) is 42.7. The first kappa shape index (κ1) is 25.9. The van der Waals surface area contributed by atoms with Crippen LogP contribution in [0.1, 0.15) is 59.8 Å². The maximum atomic E-state index is 15.3. The zero-order valence-electron chi connectivity index (χ0n) is 21.9. The lowest BCUT2D eigenvalue weighted by Gasteiger charge is -2.30. The van der Waals surface area contributed by atoms with Crippen molar-refractivity contribution >= 4 is 22.6 Å². The summed E-state index contributed by atoms with van der Waals surface area (Å²) in [6, 6.07) is 18.7. The Bertz CT molecular complexity index is 1660. The van der Waals surface area contributed by atoms with Gasteiger partial charge in [0, 0.05) is 24.0 Å². The molecule has 6 nitrogen and oxygen atoms in total. The topological polar surface area (TPSA) is 71.4 Å². The van der Waals surface area contributed by atoms with E-state index in [9.17, 15) is 18.8 Å². The predicted octanol–water partition coefficient (Wildman–Crippen LogP) is 5.66. The lowest BCUT2D eigenvalue weighted by molar-refractivity contribution is -0.133. The Labute approximate surface area is 230 Å². The van der Waals surface area contributed by atoms with E-state index in [0.29, 0.717) is 29.9 Å². The third kappa shape index (κ3) is 4.90. The number of amides is 2. The molecule has 0 spiro atoms. The summed E-state index contributed by atoms with van der Waals surface area (Å²) in [7, 11) is 0. The molecule has 1 aromatic heterocycles. The lowest BCUT2D eigenvalue weighted by Crippen LogP contribution is -2.39. The van der Waals surface area contributed by atoms with E-state index in [4.69, 9.17) is 0 Å². The molecule has 0 unspecified atom stereocenters. The van der Waals surface area contributed by atoms with E-state index in [0.717, 1.165) is 25.7 Å². The second-order valence-corrected chi connectivity index (χ2v) is 10.6. The first-order chi connectivity index (χ1) is 19.4. The second kappa shape index (κ2) is 10.7. The fourth-order valence-corrected chi connectivity index (χ4v) is 5.73. The molecule has 0 bridgehead atoms. The van der Waals surface area contributed by atoms with Gasteiger partial charge < -0.3 is 10.2 Å². The Morgan fingerprint density at radius 1 is 0.950 bits per heavy atom. The van der Waals surface area contributed by atoms with Crippen molar-refractivity contribution in [1.82, 2.24) is 14.8 Å². The van der Waals surface area contributed by atoms with Gasteiger partial charge in [0.15, 0.2) is 0 Å². The minimum absolute atomic E-state index is 0.0201. The Balaban J connectivity index is 1.57. The standard InChI is InChI=1S/C32H29F2N3O3/c33-22-9-6-8-21(18-22)30(20-15-16-20)35-31(39)29-24-12-7-13-25(34)28(24)32(40)37(23-10-2-1-3-11-23)26(29)19-36-17-5-4-14-27(36)38/h1-3,6-13,18,20,30H,4-5,14-17,19H2,(H,35,39)/t30-/m0/s1. The number of hydrogen-bond acceptors (Lipinski definition) is 3. The number of halogens is 2. The Kier molecular flexibility index (Phi) is 6.92. The number of carbonyl (C=O) groups excluding carboxylic acids is 2. The van der Waals surface area contributed by atoms with Crippen LogP contribution in [0.15, 0.2) is 77.6 Å². The molecule has 6 rings (SSSR count).